The largest absolute Gasteiger partial charge is 0.481 e. The number of carboxylic acid groups (broad SMARTS) is 1. The Morgan fingerprint density at radius 3 is 2.43 bits per heavy atom. The predicted octanol–water partition coefficient (Wildman–Crippen LogP) is -0.404. The molecule has 2 unspecified atom stereocenters. The molecular formula is C13H23N3O5. The number of amides is 3. The number of ether oxygens (including phenoxy) is 1. The van der Waals surface area contributed by atoms with E-state index < -0.39 is 24.0 Å². The molecule has 1 aliphatic heterocycles. The molecule has 1 rings (SSSR count). The van der Waals surface area contributed by atoms with Crippen LogP contribution in [-0.4, -0.2) is 78.8 Å². The van der Waals surface area contributed by atoms with Gasteiger partial charge in [-0.05, 0) is 13.8 Å². The first kappa shape index (κ1) is 17.2. The van der Waals surface area contributed by atoms with Crippen molar-refractivity contribution in [2.24, 2.45) is 5.92 Å². The van der Waals surface area contributed by atoms with Gasteiger partial charge < -0.3 is 25.0 Å². The smallest absolute Gasteiger partial charge is 0.318 e. The summed E-state index contributed by atoms with van der Waals surface area (Å²) in [6.45, 7) is 4.70. The van der Waals surface area contributed by atoms with Gasteiger partial charge in [-0.2, -0.15) is 0 Å². The van der Waals surface area contributed by atoms with E-state index in [9.17, 15) is 14.4 Å². The van der Waals surface area contributed by atoms with Crippen LogP contribution < -0.4 is 5.32 Å². The molecule has 8 nitrogen and oxygen atoms in total. The van der Waals surface area contributed by atoms with Crippen LogP contribution in [0.5, 0.6) is 0 Å². The number of carbonyl (C=O) groups is 3. The van der Waals surface area contributed by atoms with Crippen LogP contribution >= 0.6 is 0 Å². The Bertz CT molecular complexity index is 401. The van der Waals surface area contributed by atoms with Crippen molar-refractivity contribution in [2.45, 2.75) is 19.9 Å². The summed E-state index contributed by atoms with van der Waals surface area (Å²) in [6, 6.07) is -0.955. The third kappa shape index (κ3) is 4.32. The Hall–Kier alpha value is -1.83. The predicted molar refractivity (Wildman–Crippen MR) is 74.8 cm³/mol. The molecule has 3 amide bonds. The molecule has 0 aromatic carbocycles. The van der Waals surface area contributed by atoms with Gasteiger partial charge in [-0.15, -0.1) is 0 Å². The van der Waals surface area contributed by atoms with Gasteiger partial charge in [0, 0.05) is 20.1 Å². The first-order valence-corrected chi connectivity index (χ1v) is 7.01. The molecule has 1 aliphatic rings. The van der Waals surface area contributed by atoms with Gasteiger partial charge in [-0.3, -0.25) is 9.59 Å². The number of carboxylic acids is 1. The van der Waals surface area contributed by atoms with Crippen LogP contribution in [0.2, 0.25) is 0 Å². The molecule has 0 aromatic rings. The molecule has 1 heterocycles. The lowest BCUT2D eigenvalue weighted by Gasteiger charge is -2.29. The zero-order valence-corrected chi connectivity index (χ0v) is 12.7. The van der Waals surface area contributed by atoms with Crippen LogP contribution in [0.1, 0.15) is 13.8 Å². The maximum Gasteiger partial charge on any atom is 0.318 e. The zero-order valence-electron chi connectivity index (χ0n) is 12.7. The summed E-state index contributed by atoms with van der Waals surface area (Å²) in [6.07, 6.45) is 0. The maximum absolute atomic E-state index is 12.1. The van der Waals surface area contributed by atoms with Gasteiger partial charge >= 0.3 is 12.0 Å². The summed E-state index contributed by atoms with van der Waals surface area (Å²) in [5.74, 6) is -1.91. The molecule has 120 valence electrons. The van der Waals surface area contributed by atoms with Crippen LogP contribution in [0.3, 0.4) is 0 Å². The Labute approximate surface area is 124 Å². The highest BCUT2D eigenvalue weighted by Crippen LogP contribution is 2.20. The molecule has 2 N–H and O–H groups in total. The van der Waals surface area contributed by atoms with Crippen molar-refractivity contribution in [1.29, 1.82) is 0 Å². The second kappa shape index (κ2) is 7.82. The first-order chi connectivity index (χ1) is 9.92. The first-order valence-electron chi connectivity index (χ1n) is 7.01. The molecule has 0 bridgehead atoms. The summed E-state index contributed by atoms with van der Waals surface area (Å²) < 4.78 is 5.17. The number of hydrogen-bond donors (Lipinski definition) is 2. The van der Waals surface area contributed by atoms with Crippen molar-refractivity contribution >= 4 is 17.9 Å². The van der Waals surface area contributed by atoms with Gasteiger partial charge in [0.15, 0.2) is 0 Å². The Balaban J connectivity index is 2.61. The quantitative estimate of drug-likeness (QED) is 0.695. The van der Waals surface area contributed by atoms with Crippen molar-refractivity contribution in [1.82, 2.24) is 15.1 Å². The number of urea groups is 1. The highest BCUT2D eigenvalue weighted by molar-refractivity contribution is 5.84. The third-order valence-corrected chi connectivity index (χ3v) is 3.66. The molecule has 0 radical (unpaired) electrons. The third-order valence-electron chi connectivity index (χ3n) is 3.66. The molecule has 2 atom stereocenters. The van der Waals surface area contributed by atoms with Crippen LogP contribution in [0.25, 0.3) is 0 Å². The van der Waals surface area contributed by atoms with E-state index in [1.807, 2.05) is 6.92 Å². The molecule has 21 heavy (non-hydrogen) atoms. The molecule has 0 spiro atoms. The highest BCUT2D eigenvalue weighted by atomic mass is 16.5. The van der Waals surface area contributed by atoms with E-state index in [4.69, 9.17) is 9.84 Å². The van der Waals surface area contributed by atoms with E-state index in [1.54, 1.807) is 14.0 Å². The second-order valence-corrected chi connectivity index (χ2v) is 4.90. The normalized spacial score (nSPS) is 20.9. The monoisotopic (exact) mass is 301 g/mol. The summed E-state index contributed by atoms with van der Waals surface area (Å²) >= 11 is 0. The average Bonchev–Trinajstić information content (AvgIpc) is 2.94. The van der Waals surface area contributed by atoms with Gasteiger partial charge in [-0.1, -0.05) is 0 Å². The van der Waals surface area contributed by atoms with E-state index in [1.165, 1.54) is 9.80 Å². The topological polar surface area (TPSA) is 99.2 Å². The number of aliphatic carboxylic acids is 1. The summed E-state index contributed by atoms with van der Waals surface area (Å²) in [5, 5.41) is 11.7. The van der Waals surface area contributed by atoms with Crippen molar-refractivity contribution in [3.63, 3.8) is 0 Å². The Morgan fingerprint density at radius 1 is 1.24 bits per heavy atom. The summed E-state index contributed by atoms with van der Waals surface area (Å²) in [4.78, 5) is 37.9. The van der Waals surface area contributed by atoms with Gasteiger partial charge in [0.2, 0.25) is 5.91 Å². The standard InChI is InChI=1S/C13H23N3O5/c1-4-15(3)11(17)6-14-13(20)16(5-2)10-8-21-7-9(10)12(18)19/h9-10H,4-8H2,1-3H3,(H,14,20)(H,18,19). The van der Waals surface area contributed by atoms with Crippen molar-refractivity contribution in [2.75, 3.05) is 39.9 Å². The van der Waals surface area contributed by atoms with E-state index >= 15 is 0 Å². The SMILES string of the molecule is CCN(C)C(=O)CNC(=O)N(CC)C1COCC1C(=O)O. The fraction of sp³-hybridized carbons (Fsp3) is 0.769. The minimum absolute atomic E-state index is 0.0985. The molecule has 0 aliphatic carbocycles. The van der Waals surface area contributed by atoms with Gasteiger partial charge in [0.25, 0.3) is 0 Å². The summed E-state index contributed by atoms with van der Waals surface area (Å²) in [5.41, 5.74) is 0. The van der Waals surface area contributed by atoms with Crippen molar-refractivity contribution < 1.29 is 24.2 Å². The number of nitrogens with zero attached hydrogens (tertiary/aromatic N) is 2. The van der Waals surface area contributed by atoms with Crippen molar-refractivity contribution in [3.05, 3.63) is 0 Å². The fourth-order valence-corrected chi connectivity index (χ4v) is 2.18. The summed E-state index contributed by atoms with van der Waals surface area (Å²) in [7, 11) is 1.65. The van der Waals surface area contributed by atoms with Crippen molar-refractivity contribution in [3.8, 4) is 0 Å². The van der Waals surface area contributed by atoms with E-state index in [2.05, 4.69) is 5.32 Å². The fourth-order valence-electron chi connectivity index (χ4n) is 2.18. The minimum Gasteiger partial charge on any atom is -0.481 e. The average molecular weight is 301 g/mol. The zero-order chi connectivity index (χ0) is 16.0. The number of carbonyl (C=O) groups excluding carboxylic acids is 2. The Morgan fingerprint density at radius 2 is 1.90 bits per heavy atom. The number of likely N-dealkylation sites (N-methyl/N-ethyl adjacent to an activating group) is 2. The van der Waals surface area contributed by atoms with E-state index in [0.717, 1.165) is 0 Å². The van der Waals surface area contributed by atoms with Crippen LogP contribution in [0.4, 0.5) is 4.79 Å². The minimum atomic E-state index is -0.981. The molecule has 0 saturated carbocycles. The number of nitrogens with one attached hydrogen (secondary N) is 1. The van der Waals surface area contributed by atoms with Gasteiger partial charge in [-0.25, -0.2) is 4.79 Å². The molecule has 8 heteroatoms. The molecule has 1 fully saturated rings. The van der Waals surface area contributed by atoms with Crippen LogP contribution in [0.15, 0.2) is 0 Å². The van der Waals surface area contributed by atoms with Crippen LogP contribution in [-0.2, 0) is 14.3 Å². The van der Waals surface area contributed by atoms with Gasteiger partial charge in [0.05, 0.1) is 25.8 Å². The molecule has 0 aromatic heterocycles. The highest BCUT2D eigenvalue weighted by Gasteiger charge is 2.39. The molecular weight excluding hydrogens is 278 g/mol. The van der Waals surface area contributed by atoms with E-state index in [-0.39, 0.29) is 25.7 Å². The Kier molecular flexibility index (Phi) is 6.41. The number of rotatable bonds is 6. The number of hydrogen-bond acceptors (Lipinski definition) is 4. The lowest BCUT2D eigenvalue weighted by molar-refractivity contribution is -0.142. The second-order valence-electron chi connectivity index (χ2n) is 4.90. The molecule has 1 saturated heterocycles. The van der Waals surface area contributed by atoms with E-state index in [0.29, 0.717) is 13.1 Å². The van der Waals surface area contributed by atoms with Crippen LogP contribution in [0, 0.1) is 5.92 Å². The lowest BCUT2D eigenvalue weighted by atomic mass is 10.0. The maximum atomic E-state index is 12.1. The van der Waals surface area contributed by atoms with Gasteiger partial charge in [0.1, 0.15) is 5.92 Å². The lowest BCUT2D eigenvalue weighted by Crippen LogP contribution is -2.52.